The SMILES string of the molecule is C=CCO[C@@H]1O[C@@H](COC(C)=O)[C@H](OC(C)=O)[C@H](OC(C)=O)[C@@H]1OC(C)=O. The van der Waals surface area contributed by atoms with Gasteiger partial charge in [-0.25, -0.2) is 0 Å². The monoisotopic (exact) mass is 388 g/mol. The van der Waals surface area contributed by atoms with Gasteiger partial charge in [-0.05, 0) is 0 Å². The molecule has 27 heavy (non-hydrogen) atoms. The van der Waals surface area contributed by atoms with E-state index >= 15 is 0 Å². The van der Waals surface area contributed by atoms with Crippen LogP contribution in [-0.2, 0) is 47.6 Å². The average molecular weight is 388 g/mol. The first kappa shape index (κ1) is 22.6. The van der Waals surface area contributed by atoms with Gasteiger partial charge in [0.05, 0.1) is 6.61 Å². The van der Waals surface area contributed by atoms with Gasteiger partial charge in [0.25, 0.3) is 0 Å². The van der Waals surface area contributed by atoms with E-state index in [-0.39, 0.29) is 13.2 Å². The van der Waals surface area contributed by atoms with Gasteiger partial charge >= 0.3 is 23.9 Å². The molecule has 0 N–H and O–H groups in total. The summed E-state index contributed by atoms with van der Waals surface area (Å²) in [5.41, 5.74) is 0. The van der Waals surface area contributed by atoms with Crippen molar-refractivity contribution in [2.24, 2.45) is 0 Å². The van der Waals surface area contributed by atoms with Gasteiger partial charge in [0.1, 0.15) is 12.7 Å². The summed E-state index contributed by atoms with van der Waals surface area (Å²) in [5, 5.41) is 0. The predicted molar refractivity (Wildman–Crippen MR) is 88.1 cm³/mol. The molecular weight excluding hydrogens is 364 g/mol. The van der Waals surface area contributed by atoms with Crippen LogP contribution in [-0.4, -0.2) is 67.8 Å². The minimum absolute atomic E-state index is 0.0355. The maximum atomic E-state index is 11.6. The van der Waals surface area contributed by atoms with Gasteiger partial charge in [-0.2, -0.15) is 0 Å². The molecule has 1 heterocycles. The standard InChI is InChI=1S/C17H24O10/c1-6-7-22-17-16(26-12(5)21)15(25-11(4)20)14(24-10(3)19)13(27-17)8-23-9(2)18/h6,13-17H,1,7-8H2,2-5H3/t13-,14-,15-,16-,17+/m0/s1. The molecule has 1 aliphatic rings. The lowest BCUT2D eigenvalue weighted by molar-refractivity contribution is -0.305. The van der Waals surface area contributed by atoms with Gasteiger partial charge in [0.2, 0.25) is 0 Å². The maximum absolute atomic E-state index is 11.6. The average Bonchev–Trinajstić information content (AvgIpc) is 2.54. The fourth-order valence-corrected chi connectivity index (χ4v) is 2.49. The van der Waals surface area contributed by atoms with E-state index in [0.29, 0.717) is 0 Å². The summed E-state index contributed by atoms with van der Waals surface area (Å²) < 4.78 is 31.7. The molecule has 1 fully saturated rings. The van der Waals surface area contributed by atoms with Crippen molar-refractivity contribution in [1.29, 1.82) is 0 Å². The van der Waals surface area contributed by atoms with E-state index in [1.165, 1.54) is 13.0 Å². The predicted octanol–water partition coefficient (Wildman–Crippen LogP) is 0.272. The summed E-state index contributed by atoms with van der Waals surface area (Å²) in [6.07, 6.45) is -4.41. The summed E-state index contributed by atoms with van der Waals surface area (Å²) in [4.78, 5) is 45.8. The van der Waals surface area contributed by atoms with E-state index in [1.807, 2.05) is 0 Å². The van der Waals surface area contributed by atoms with Crippen LogP contribution in [0, 0.1) is 0 Å². The normalized spacial score (nSPS) is 27.2. The second-order valence-electron chi connectivity index (χ2n) is 5.69. The summed E-state index contributed by atoms with van der Waals surface area (Å²) in [7, 11) is 0. The quantitative estimate of drug-likeness (QED) is 0.325. The first-order valence-corrected chi connectivity index (χ1v) is 8.18. The van der Waals surface area contributed by atoms with Gasteiger partial charge in [-0.1, -0.05) is 6.08 Å². The number of hydrogen-bond acceptors (Lipinski definition) is 10. The number of esters is 4. The number of carbonyl (C=O) groups excluding carboxylic acids is 4. The third-order valence-corrected chi connectivity index (χ3v) is 3.33. The molecule has 1 aliphatic heterocycles. The van der Waals surface area contributed by atoms with Crippen LogP contribution in [0.25, 0.3) is 0 Å². The molecule has 1 rings (SSSR count). The van der Waals surface area contributed by atoms with Crippen LogP contribution in [0.1, 0.15) is 27.7 Å². The van der Waals surface area contributed by atoms with Crippen LogP contribution in [0.3, 0.4) is 0 Å². The van der Waals surface area contributed by atoms with E-state index < -0.39 is 54.6 Å². The molecule has 0 aromatic heterocycles. The number of ether oxygens (including phenoxy) is 6. The van der Waals surface area contributed by atoms with Crippen molar-refractivity contribution in [3.63, 3.8) is 0 Å². The van der Waals surface area contributed by atoms with Crippen LogP contribution in [0.5, 0.6) is 0 Å². The van der Waals surface area contributed by atoms with Gasteiger partial charge in [-0.3, -0.25) is 19.2 Å². The van der Waals surface area contributed by atoms with Crippen LogP contribution in [0.15, 0.2) is 12.7 Å². The summed E-state index contributed by atoms with van der Waals surface area (Å²) >= 11 is 0. The van der Waals surface area contributed by atoms with Crippen molar-refractivity contribution in [2.75, 3.05) is 13.2 Å². The molecule has 0 radical (unpaired) electrons. The van der Waals surface area contributed by atoms with Crippen molar-refractivity contribution < 1.29 is 47.6 Å². The first-order chi connectivity index (χ1) is 12.6. The smallest absolute Gasteiger partial charge is 0.303 e. The Balaban J connectivity index is 3.24. The van der Waals surface area contributed by atoms with Crippen molar-refractivity contribution in [1.82, 2.24) is 0 Å². The van der Waals surface area contributed by atoms with E-state index in [2.05, 4.69) is 6.58 Å². The lowest BCUT2D eigenvalue weighted by Crippen LogP contribution is -2.62. The molecule has 0 aromatic rings. The Kier molecular flexibility index (Phi) is 8.89. The Hall–Kier alpha value is -2.46. The number of carbonyl (C=O) groups is 4. The van der Waals surface area contributed by atoms with Gasteiger partial charge in [-0.15, -0.1) is 6.58 Å². The molecule has 0 aromatic carbocycles. The molecule has 152 valence electrons. The third-order valence-electron chi connectivity index (χ3n) is 3.33. The zero-order chi connectivity index (χ0) is 20.6. The number of rotatable bonds is 8. The summed E-state index contributed by atoms with van der Waals surface area (Å²) in [6, 6.07) is 0. The van der Waals surface area contributed by atoms with Crippen molar-refractivity contribution in [2.45, 2.75) is 58.4 Å². The van der Waals surface area contributed by atoms with Crippen LogP contribution in [0.2, 0.25) is 0 Å². The zero-order valence-corrected chi connectivity index (χ0v) is 15.7. The van der Waals surface area contributed by atoms with E-state index in [9.17, 15) is 19.2 Å². The summed E-state index contributed by atoms with van der Waals surface area (Å²) in [5.74, 6) is -2.67. The second kappa shape index (κ2) is 10.6. The van der Waals surface area contributed by atoms with Crippen molar-refractivity contribution in [3.8, 4) is 0 Å². The largest absolute Gasteiger partial charge is 0.463 e. The van der Waals surface area contributed by atoms with Crippen LogP contribution >= 0.6 is 0 Å². The maximum Gasteiger partial charge on any atom is 0.303 e. The Morgan fingerprint density at radius 3 is 1.85 bits per heavy atom. The molecule has 10 nitrogen and oxygen atoms in total. The highest BCUT2D eigenvalue weighted by molar-refractivity contribution is 5.68. The fraction of sp³-hybridized carbons (Fsp3) is 0.647. The van der Waals surface area contributed by atoms with Gasteiger partial charge in [0, 0.05) is 27.7 Å². The molecule has 0 aliphatic carbocycles. The zero-order valence-electron chi connectivity index (χ0n) is 15.7. The fourth-order valence-electron chi connectivity index (χ4n) is 2.49. The topological polar surface area (TPSA) is 124 Å². The number of hydrogen-bond donors (Lipinski definition) is 0. The first-order valence-electron chi connectivity index (χ1n) is 8.18. The lowest BCUT2D eigenvalue weighted by atomic mass is 9.98. The molecule has 0 bridgehead atoms. The Morgan fingerprint density at radius 2 is 1.37 bits per heavy atom. The highest BCUT2D eigenvalue weighted by Crippen LogP contribution is 2.29. The molecule has 1 saturated heterocycles. The Morgan fingerprint density at radius 1 is 0.852 bits per heavy atom. The third kappa shape index (κ3) is 7.35. The van der Waals surface area contributed by atoms with Crippen LogP contribution in [0.4, 0.5) is 0 Å². The highest BCUT2D eigenvalue weighted by Gasteiger charge is 2.52. The lowest BCUT2D eigenvalue weighted by Gasteiger charge is -2.43. The van der Waals surface area contributed by atoms with E-state index in [1.54, 1.807) is 0 Å². The molecule has 5 atom stereocenters. The molecular formula is C17H24O10. The van der Waals surface area contributed by atoms with E-state index in [0.717, 1.165) is 20.8 Å². The molecule has 0 spiro atoms. The summed E-state index contributed by atoms with van der Waals surface area (Å²) in [6.45, 7) is 7.90. The molecule has 0 unspecified atom stereocenters. The highest BCUT2D eigenvalue weighted by atomic mass is 16.7. The van der Waals surface area contributed by atoms with Crippen molar-refractivity contribution in [3.05, 3.63) is 12.7 Å². The van der Waals surface area contributed by atoms with E-state index in [4.69, 9.17) is 28.4 Å². The van der Waals surface area contributed by atoms with Gasteiger partial charge < -0.3 is 28.4 Å². The molecule has 0 amide bonds. The minimum atomic E-state index is -1.24. The second-order valence-corrected chi connectivity index (χ2v) is 5.69. The Labute approximate surface area is 156 Å². The molecule has 10 heteroatoms. The Bertz CT molecular complexity index is 572. The van der Waals surface area contributed by atoms with Gasteiger partial charge in [0.15, 0.2) is 24.6 Å². The van der Waals surface area contributed by atoms with Crippen molar-refractivity contribution >= 4 is 23.9 Å². The van der Waals surface area contributed by atoms with Crippen LogP contribution < -0.4 is 0 Å². The minimum Gasteiger partial charge on any atom is -0.463 e. The molecule has 0 saturated carbocycles.